The van der Waals surface area contributed by atoms with E-state index < -0.39 is 21.9 Å². The summed E-state index contributed by atoms with van der Waals surface area (Å²) in [5.74, 6) is -0.974. The van der Waals surface area contributed by atoms with Crippen molar-refractivity contribution in [2.24, 2.45) is 0 Å². The summed E-state index contributed by atoms with van der Waals surface area (Å²) in [6.07, 6.45) is 0. The molecule has 0 heterocycles. The summed E-state index contributed by atoms with van der Waals surface area (Å²) in [5.41, 5.74) is 2.97. The first-order chi connectivity index (χ1) is 15.6. The lowest BCUT2D eigenvalue weighted by atomic mass is 10.1. The van der Waals surface area contributed by atoms with Gasteiger partial charge in [-0.1, -0.05) is 29.3 Å². The number of carbonyl (C=O) groups is 2. The number of halogens is 1. The quantitative estimate of drug-likeness (QED) is 0.448. The fraction of sp³-hybridized carbons (Fsp3) is 0.167. The lowest BCUT2D eigenvalue weighted by molar-refractivity contribution is 0.0526. The van der Waals surface area contributed by atoms with E-state index in [9.17, 15) is 18.0 Å². The Morgan fingerprint density at radius 2 is 1.61 bits per heavy atom. The van der Waals surface area contributed by atoms with E-state index in [1.54, 1.807) is 56.3 Å². The van der Waals surface area contributed by atoms with Crippen molar-refractivity contribution < 1.29 is 22.7 Å². The van der Waals surface area contributed by atoms with E-state index in [0.717, 1.165) is 5.56 Å². The van der Waals surface area contributed by atoms with E-state index in [2.05, 4.69) is 10.0 Å². The lowest BCUT2D eigenvalue weighted by Gasteiger charge is -2.13. The summed E-state index contributed by atoms with van der Waals surface area (Å²) in [5, 5.41) is 2.72. The van der Waals surface area contributed by atoms with Gasteiger partial charge in [-0.15, -0.1) is 0 Å². The van der Waals surface area contributed by atoms with E-state index in [1.807, 2.05) is 6.92 Å². The Balaban J connectivity index is 1.83. The third-order valence-corrected chi connectivity index (χ3v) is 6.64. The predicted octanol–water partition coefficient (Wildman–Crippen LogP) is 5.19. The summed E-state index contributed by atoms with van der Waals surface area (Å²) in [4.78, 5) is 24.5. The highest BCUT2D eigenvalue weighted by molar-refractivity contribution is 7.92. The van der Waals surface area contributed by atoms with Gasteiger partial charge in [0.25, 0.3) is 15.9 Å². The maximum atomic E-state index is 12.9. The molecule has 0 aliphatic carbocycles. The molecule has 0 bridgehead atoms. The first-order valence-corrected chi connectivity index (χ1v) is 11.9. The van der Waals surface area contributed by atoms with Gasteiger partial charge in [0.15, 0.2) is 0 Å². The predicted molar refractivity (Wildman–Crippen MR) is 129 cm³/mol. The zero-order valence-electron chi connectivity index (χ0n) is 18.3. The monoisotopic (exact) mass is 486 g/mol. The SMILES string of the molecule is CCOC(=O)c1ccc(NC(=O)c2ccc(Cl)c(S(=O)(=O)Nc3ccc(C)cc3)c2)c(C)c1. The highest BCUT2D eigenvalue weighted by Gasteiger charge is 2.21. The normalized spacial score (nSPS) is 11.0. The molecule has 0 unspecified atom stereocenters. The molecule has 7 nitrogen and oxygen atoms in total. The fourth-order valence-electron chi connectivity index (χ4n) is 3.02. The van der Waals surface area contributed by atoms with Crippen LogP contribution in [0.3, 0.4) is 0 Å². The summed E-state index contributed by atoms with van der Waals surface area (Å²) in [7, 11) is -4.03. The molecular weight excluding hydrogens is 464 g/mol. The van der Waals surface area contributed by atoms with Crippen LogP contribution in [-0.4, -0.2) is 26.9 Å². The molecule has 172 valence electrons. The highest BCUT2D eigenvalue weighted by Crippen LogP contribution is 2.26. The van der Waals surface area contributed by atoms with E-state index in [0.29, 0.717) is 22.5 Å². The molecule has 0 radical (unpaired) electrons. The number of amides is 1. The first kappa shape index (κ1) is 24.3. The molecule has 0 aliphatic rings. The summed E-state index contributed by atoms with van der Waals surface area (Å²) >= 11 is 6.14. The second kappa shape index (κ2) is 10.1. The summed E-state index contributed by atoms with van der Waals surface area (Å²) < 4.78 is 33.2. The minimum absolute atomic E-state index is 0.0128. The summed E-state index contributed by atoms with van der Waals surface area (Å²) in [6.45, 7) is 5.61. The van der Waals surface area contributed by atoms with Crippen molar-refractivity contribution in [2.75, 3.05) is 16.6 Å². The van der Waals surface area contributed by atoms with Crippen LogP contribution in [0.5, 0.6) is 0 Å². The average molecular weight is 487 g/mol. The molecule has 3 aromatic carbocycles. The van der Waals surface area contributed by atoms with Crippen molar-refractivity contribution in [3.63, 3.8) is 0 Å². The zero-order valence-corrected chi connectivity index (χ0v) is 19.9. The van der Waals surface area contributed by atoms with Crippen LogP contribution in [0.4, 0.5) is 11.4 Å². The molecule has 0 saturated carbocycles. The number of ether oxygens (including phenoxy) is 1. The molecular formula is C24H23ClN2O5S. The second-order valence-corrected chi connectivity index (χ2v) is 9.38. The minimum Gasteiger partial charge on any atom is -0.462 e. The number of hydrogen-bond donors (Lipinski definition) is 2. The van der Waals surface area contributed by atoms with Crippen LogP contribution in [0.15, 0.2) is 65.6 Å². The molecule has 0 aromatic heterocycles. The van der Waals surface area contributed by atoms with Gasteiger partial charge < -0.3 is 10.1 Å². The summed E-state index contributed by atoms with van der Waals surface area (Å²) in [6, 6.07) is 15.6. The van der Waals surface area contributed by atoms with Crippen molar-refractivity contribution in [2.45, 2.75) is 25.7 Å². The molecule has 2 N–H and O–H groups in total. The molecule has 33 heavy (non-hydrogen) atoms. The molecule has 0 saturated heterocycles. The number of anilines is 2. The Hall–Kier alpha value is -3.36. The van der Waals surface area contributed by atoms with E-state index >= 15 is 0 Å². The molecule has 0 spiro atoms. The van der Waals surface area contributed by atoms with E-state index in [-0.39, 0.29) is 22.1 Å². The molecule has 3 rings (SSSR count). The first-order valence-electron chi connectivity index (χ1n) is 10.1. The number of aryl methyl sites for hydroxylation is 2. The van der Waals surface area contributed by atoms with Gasteiger partial charge in [0, 0.05) is 16.9 Å². The maximum Gasteiger partial charge on any atom is 0.338 e. The number of nitrogens with one attached hydrogen (secondary N) is 2. The maximum absolute atomic E-state index is 12.9. The molecule has 1 amide bonds. The number of carbonyl (C=O) groups excluding carboxylic acids is 2. The van der Waals surface area contributed by atoms with E-state index in [1.165, 1.54) is 18.2 Å². The lowest BCUT2D eigenvalue weighted by Crippen LogP contribution is -2.17. The molecule has 3 aromatic rings. The third-order valence-electron chi connectivity index (χ3n) is 4.77. The van der Waals surface area contributed by atoms with Gasteiger partial charge in [0.05, 0.1) is 17.2 Å². The number of rotatable bonds is 7. The van der Waals surface area contributed by atoms with Crippen molar-refractivity contribution in [3.8, 4) is 0 Å². The Morgan fingerprint density at radius 1 is 0.939 bits per heavy atom. The van der Waals surface area contributed by atoms with Gasteiger partial charge in [0.2, 0.25) is 0 Å². The Morgan fingerprint density at radius 3 is 2.24 bits per heavy atom. The fourth-order valence-corrected chi connectivity index (χ4v) is 4.61. The van der Waals surface area contributed by atoms with Gasteiger partial charge in [0.1, 0.15) is 4.90 Å². The van der Waals surface area contributed by atoms with Crippen molar-refractivity contribution in [1.82, 2.24) is 0 Å². The van der Waals surface area contributed by atoms with Crippen molar-refractivity contribution in [1.29, 1.82) is 0 Å². The number of esters is 1. The van der Waals surface area contributed by atoms with Crippen molar-refractivity contribution in [3.05, 3.63) is 87.9 Å². The second-order valence-electron chi connectivity index (χ2n) is 7.32. The third kappa shape index (κ3) is 5.91. The Bertz CT molecular complexity index is 1300. The molecule has 0 fully saturated rings. The molecule has 0 aliphatic heterocycles. The topological polar surface area (TPSA) is 102 Å². The van der Waals surface area contributed by atoms with Gasteiger partial charge in [-0.05, 0) is 74.9 Å². The number of hydrogen-bond acceptors (Lipinski definition) is 5. The van der Waals surface area contributed by atoms with Crippen LogP contribution in [0.25, 0.3) is 0 Å². The van der Waals surface area contributed by atoms with Crippen LogP contribution in [0, 0.1) is 13.8 Å². The Labute approximate surface area is 197 Å². The van der Waals surface area contributed by atoms with Crippen LogP contribution in [0.1, 0.15) is 38.8 Å². The number of sulfonamides is 1. The van der Waals surface area contributed by atoms with Gasteiger partial charge in [-0.25, -0.2) is 13.2 Å². The van der Waals surface area contributed by atoms with Gasteiger partial charge >= 0.3 is 5.97 Å². The number of benzene rings is 3. The van der Waals surface area contributed by atoms with E-state index in [4.69, 9.17) is 16.3 Å². The van der Waals surface area contributed by atoms with Crippen LogP contribution in [-0.2, 0) is 14.8 Å². The van der Waals surface area contributed by atoms with Gasteiger partial charge in [-0.3, -0.25) is 9.52 Å². The average Bonchev–Trinajstić information content (AvgIpc) is 2.76. The Kier molecular flexibility index (Phi) is 7.40. The largest absolute Gasteiger partial charge is 0.462 e. The zero-order chi connectivity index (χ0) is 24.2. The van der Waals surface area contributed by atoms with Gasteiger partial charge in [-0.2, -0.15) is 0 Å². The highest BCUT2D eigenvalue weighted by atomic mass is 35.5. The molecule has 9 heteroatoms. The standard InChI is InChI=1S/C24H23ClN2O5S/c1-4-32-24(29)18-8-12-21(16(3)13-18)26-23(28)17-7-11-20(25)22(14-17)33(30,31)27-19-9-5-15(2)6-10-19/h5-14,27H,4H2,1-3H3,(H,26,28). The van der Waals surface area contributed by atoms with Crippen molar-refractivity contribution >= 4 is 44.9 Å². The molecule has 0 atom stereocenters. The van der Waals surface area contributed by atoms with Crippen LogP contribution >= 0.6 is 11.6 Å². The van der Waals surface area contributed by atoms with Crippen LogP contribution < -0.4 is 10.0 Å². The minimum atomic E-state index is -4.03. The van der Waals surface area contributed by atoms with Crippen LogP contribution in [0.2, 0.25) is 5.02 Å². The smallest absolute Gasteiger partial charge is 0.338 e.